The molecule has 0 spiro atoms. The third-order valence-corrected chi connectivity index (χ3v) is 5.61. The van der Waals surface area contributed by atoms with Gasteiger partial charge in [0.15, 0.2) is 11.5 Å². The number of ether oxygens (including phenoxy) is 2. The van der Waals surface area contributed by atoms with Gasteiger partial charge in [0.05, 0.1) is 12.1 Å². The largest absolute Gasteiger partial charge is 0.493 e. The van der Waals surface area contributed by atoms with E-state index >= 15 is 0 Å². The van der Waals surface area contributed by atoms with E-state index in [1.807, 2.05) is 42.5 Å². The minimum Gasteiger partial charge on any atom is -0.493 e. The number of benzene rings is 2. The molecule has 1 N–H and O–H groups in total. The smallest absolute Gasteiger partial charge is 0.180 e. The van der Waals surface area contributed by atoms with Crippen molar-refractivity contribution in [2.45, 2.75) is 59.1 Å². The molecular weight excluding hydrogens is 408 g/mol. The SMILES string of the molecule is CCCCN(CCCC)CCCNCc1cc(Cl)c(OCc2ccccc2)c(OC)c1. The maximum absolute atomic E-state index is 6.52. The van der Waals surface area contributed by atoms with Crippen molar-refractivity contribution in [2.75, 3.05) is 33.3 Å². The minimum absolute atomic E-state index is 0.459. The Kier molecular flexibility index (Phi) is 12.4. The highest BCUT2D eigenvalue weighted by molar-refractivity contribution is 6.32. The van der Waals surface area contributed by atoms with Crippen LogP contribution in [0.25, 0.3) is 0 Å². The Hall–Kier alpha value is -1.75. The van der Waals surface area contributed by atoms with E-state index in [4.69, 9.17) is 21.1 Å². The van der Waals surface area contributed by atoms with E-state index in [0.717, 1.165) is 37.2 Å². The summed E-state index contributed by atoms with van der Waals surface area (Å²) in [6, 6.07) is 14.0. The number of hydrogen-bond donors (Lipinski definition) is 1. The summed E-state index contributed by atoms with van der Waals surface area (Å²) in [5.74, 6) is 1.27. The first-order valence-corrected chi connectivity index (χ1v) is 12.0. The summed E-state index contributed by atoms with van der Waals surface area (Å²) < 4.78 is 11.5. The third-order valence-electron chi connectivity index (χ3n) is 5.33. The molecule has 0 amide bonds. The molecule has 0 aromatic heterocycles. The highest BCUT2D eigenvalue weighted by Gasteiger charge is 2.12. The van der Waals surface area contributed by atoms with Gasteiger partial charge in [-0.25, -0.2) is 0 Å². The van der Waals surface area contributed by atoms with Crippen molar-refractivity contribution in [1.29, 1.82) is 0 Å². The zero-order valence-corrected chi connectivity index (χ0v) is 20.2. The van der Waals surface area contributed by atoms with Crippen molar-refractivity contribution in [3.05, 3.63) is 58.6 Å². The van der Waals surface area contributed by atoms with Crippen molar-refractivity contribution >= 4 is 11.6 Å². The molecule has 0 aliphatic rings. The van der Waals surface area contributed by atoms with Crippen molar-refractivity contribution in [2.24, 2.45) is 0 Å². The normalized spacial score (nSPS) is 11.1. The van der Waals surface area contributed by atoms with Crippen LogP contribution in [0.1, 0.15) is 57.1 Å². The third kappa shape index (κ3) is 9.51. The summed E-state index contributed by atoms with van der Waals surface area (Å²) in [6.45, 7) is 10.3. The van der Waals surface area contributed by atoms with E-state index in [1.54, 1.807) is 7.11 Å². The predicted molar refractivity (Wildman–Crippen MR) is 131 cm³/mol. The molecule has 31 heavy (non-hydrogen) atoms. The van der Waals surface area contributed by atoms with Gasteiger partial charge >= 0.3 is 0 Å². The van der Waals surface area contributed by atoms with Crippen molar-refractivity contribution in [3.63, 3.8) is 0 Å². The van der Waals surface area contributed by atoms with Crippen LogP contribution in [0, 0.1) is 0 Å². The number of methoxy groups -OCH3 is 1. The molecular formula is C26H39ClN2O2. The summed E-state index contributed by atoms with van der Waals surface area (Å²) in [6.07, 6.45) is 6.24. The van der Waals surface area contributed by atoms with Crippen LogP contribution in [0.3, 0.4) is 0 Å². The maximum Gasteiger partial charge on any atom is 0.180 e. The van der Waals surface area contributed by atoms with Gasteiger partial charge in [0.1, 0.15) is 6.61 Å². The second-order valence-corrected chi connectivity index (χ2v) is 8.37. The fourth-order valence-corrected chi connectivity index (χ4v) is 3.79. The van der Waals surface area contributed by atoms with Crippen LogP contribution in [0.4, 0.5) is 0 Å². The summed E-state index contributed by atoms with van der Waals surface area (Å²) in [5, 5.41) is 4.12. The molecule has 0 radical (unpaired) electrons. The van der Waals surface area contributed by atoms with Crippen LogP contribution >= 0.6 is 11.6 Å². The summed E-state index contributed by atoms with van der Waals surface area (Å²) >= 11 is 6.52. The van der Waals surface area contributed by atoms with E-state index in [0.29, 0.717) is 23.1 Å². The highest BCUT2D eigenvalue weighted by Crippen LogP contribution is 2.37. The zero-order valence-electron chi connectivity index (χ0n) is 19.5. The molecule has 2 aromatic rings. The van der Waals surface area contributed by atoms with E-state index in [1.165, 1.54) is 38.8 Å². The molecule has 0 saturated heterocycles. The molecule has 2 rings (SSSR count). The summed E-state index contributed by atoms with van der Waals surface area (Å²) in [4.78, 5) is 2.60. The Morgan fingerprint density at radius 3 is 2.23 bits per heavy atom. The molecule has 0 aliphatic heterocycles. The Labute approximate surface area is 193 Å². The monoisotopic (exact) mass is 446 g/mol. The Balaban J connectivity index is 1.81. The molecule has 2 aromatic carbocycles. The minimum atomic E-state index is 0.459. The molecule has 5 heteroatoms. The maximum atomic E-state index is 6.52. The first-order chi connectivity index (χ1) is 15.2. The lowest BCUT2D eigenvalue weighted by Crippen LogP contribution is -2.29. The first kappa shape index (κ1) is 25.5. The van der Waals surface area contributed by atoms with Crippen LogP contribution < -0.4 is 14.8 Å². The molecule has 0 bridgehead atoms. The number of rotatable bonds is 16. The van der Waals surface area contributed by atoms with Gasteiger partial charge in [-0.2, -0.15) is 0 Å². The lowest BCUT2D eigenvalue weighted by molar-refractivity contribution is 0.261. The second-order valence-electron chi connectivity index (χ2n) is 7.96. The van der Waals surface area contributed by atoms with Crippen molar-refractivity contribution in [1.82, 2.24) is 10.2 Å². The molecule has 0 aliphatic carbocycles. The van der Waals surface area contributed by atoms with E-state index < -0.39 is 0 Å². The topological polar surface area (TPSA) is 33.7 Å². The molecule has 172 valence electrons. The van der Waals surface area contributed by atoms with Gasteiger partial charge < -0.3 is 19.7 Å². The number of nitrogens with one attached hydrogen (secondary N) is 1. The van der Waals surface area contributed by atoms with Crippen LogP contribution in [0.15, 0.2) is 42.5 Å². The van der Waals surface area contributed by atoms with Gasteiger partial charge in [0.2, 0.25) is 0 Å². The average Bonchev–Trinajstić information content (AvgIpc) is 2.79. The predicted octanol–water partition coefficient (Wildman–Crippen LogP) is 6.31. The summed E-state index contributed by atoms with van der Waals surface area (Å²) in [5.41, 5.74) is 2.20. The van der Waals surface area contributed by atoms with Crippen molar-refractivity contribution < 1.29 is 9.47 Å². The standard InChI is InChI=1S/C26H39ClN2O2/c1-4-6-15-29(16-7-5-2)17-11-14-28-20-23-18-24(27)26(25(19-23)30-3)31-21-22-12-9-8-10-13-22/h8-10,12-13,18-19,28H,4-7,11,14-17,20-21H2,1-3H3. The number of unbranched alkanes of at least 4 members (excludes halogenated alkanes) is 2. The van der Waals surface area contributed by atoms with Crippen LogP contribution in [-0.2, 0) is 13.2 Å². The van der Waals surface area contributed by atoms with Gasteiger partial charge in [-0.1, -0.05) is 68.6 Å². The van der Waals surface area contributed by atoms with Gasteiger partial charge in [0, 0.05) is 6.54 Å². The Morgan fingerprint density at radius 2 is 1.58 bits per heavy atom. The van der Waals surface area contributed by atoms with E-state index in [-0.39, 0.29) is 0 Å². The summed E-state index contributed by atoms with van der Waals surface area (Å²) in [7, 11) is 1.65. The van der Waals surface area contributed by atoms with Gasteiger partial charge in [0.25, 0.3) is 0 Å². The molecule has 0 atom stereocenters. The number of hydrogen-bond acceptors (Lipinski definition) is 4. The first-order valence-electron chi connectivity index (χ1n) is 11.6. The Morgan fingerprint density at radius 1 is 0.903 bits per heavy atom. The molecule has 0 saturated carbocycles. The highest BCUT2D eigenvalue weighted by atomic mass is 35.5. The molecule has 0 unspecified atom stereocenters. The van der Waals surface area contributed by atoms with E-state index in [9.17, 15) is 0 Å². The molecule has 4 nitrogen and oxygen atoms in total. The molecule has 0 fully saturated rings. The van der Waals surface area contributed by atoms with Gasteiger partial charge in [-0.15, -0.1) is 0 Å². The van der Waals surface area contributed by atoms with Gasteiger partial charge in [-0.05, 0) is 68.7 Å². The Bertz CT molecular complexity index is 732. The lowest BCUT2D eigenvalue weighted by atomic mass is 10.2. The second kappa shape index (κ2) is 15.1. The van der Waals surface area contributed by atoms with Crippen LogP contribution in [-0.4, -0.2) is 38.2 Å². The fourth-order valence-electron chi connectivity index (χ4n) is 3.50. The van der Waals surface area contributed by atoms with Crippen LogP contribution in [0.5, 0.6) is 11.5 Å². The number of nitrogens with zero attached hydrogens (tertiary/aromatic N) is 1. The molecule has 0 heterocycles. The van der Waals surface area contributed by atoms with Crippen molar-refractivity contribution in [3.8, 4) is 11.5 Å². The zero-order chi connectivity index (χ0) is 22.3. The quantitative estimate of drug-likeness (QED) is 0.306. The van der Waals surface area contributed by atoms with Crippen LogP contribution in [0.2, 0.25) is 5.02 Å². The van der Waals surface area contributed by atoms with Gasteiger partial charge in [-0.3, -0.25) is 0 Å². The lowest BCUT2D eigenvalue weighted by Gasteiger charge is -2.22. The van der Waals surface area contributed by atoms with E-state index in [2.05, 4.69) is 24.1 Å². The fraction of sp³-hybridized carbons (Fsp3) is 0.538. The average molecular weight is 447 g/mol. The number of halogens is 1.